The van der Waals surface area contributed by atoms with Gasteiger partial charge in [0, 0.05) is 17.2 Å². The molecule has 0 aromatic heterocycles. The van der Waals surface area contributed by atoms with Crippen LogP contribution in [-0.2, 0) is 6.54 Å². The summed E-state index contributed by atoms with van der Waals surface area (Å²) in [5, 5.41) is 3.43. The van der Waals surface area contributed by atoms with E-state index in [0.717, 1.165) is 19.0 Å². The van der Waals surface area contributed by atoms with E-state index in [4.69, 9.17) is 0 Å². The number of nitrogens with one attached hydrogen (secondary N) is 1. The topological polar surface area (TPSA) is 12.0 Å². The molecule has 0 radical (unpaired) electrons. The standard InChI is InChI=1S/C16H27NS/c1-4-11-17-12-15-7-9-16(10-8-15)18-13-14(5-2)6-3/h7-10,14,17H,4-6,11-13H2,1-3H3. The van der Waals surface area contributed by atoms with E-state index in [2.05, 4.69) is 50.4 Å². The van der Waals surface area contributed by atoms with E-state index in [1.807, 2.05) is 11.8 Å². The van der Waals surface area contributed by atoms with Gasteiger partial charge in [-0.2, -0.15) is 0 Å². The van der Waals surface area contributed by atoms with Crippen molar-refractivity contribution in [1.82, 2.24) is 5.32 Å². The molecule has 0 aliphatic heterocycles. The van der Waals surface area contributed by atoms with Gasteiger partial charge in [0.15, 0.2) is 0 Å². The minimum absolute atomic E-state index is 0.862. The molecule has 2 heteroatoms. The molecule has 0 fully saturated rings. The molecule has 0 bridgehead atoms. The van der Waals surface area contributed by atoms with Gasteiger partial charge in [0.1, 0.15) is 0 Å². The van der Waals surface area contributed by atoms with Crippen LogP contribution in [0.25, 0.3) is 0 Å². The molecule has 0 amide bonds. The zero-order chi connectivity index (χ0) is 13.2. The van der Waals surface area contributed by atoms with Crippen LogP contribution in [0.1, 0.15) is 45.6 Å². The summed E-state index contributed by atoms with van der Waals surface area (Å²) in [6.07, 6.45) is 3.79. The van der Waals surface area contributed by atoms with Gasteiger partial charge in [-0.1, -0.05) is 45.7 Å². The van der Waals surface area contributed by atoms with Crippen LogP contribution >= 0.6 is 11.8 Å². The smallest absolute Gasteiger partial charge is 0.0205 e. The Morgan fingerprint density at radius 3 is 2.28 bits per heavy atom. The molecule has 0 aliphatic rings. The van der Waals surface area contributed by atoms with Crippen molar-refractivity contribution in [3.05, 3.63) is 29.8 Å². The Morgan fingerprint density at radius 2 is 1.72 bits per heavy atom. The van der Waals surface area contributed by atoms with Crippen LogP contribution in [0.15, 0.2) is 29.2 Å². The highest BCUT2D eigenvalue weighted by molar-refractivity contribution is 7.99. The van der Waals surface area contributed by atoms with Crippen molar-refractivity contribution in [2.45, 2.75) is 51.5 Å². The van der Waals surface area contributed by atoms with Crippen molar-refractivity contribution in [1.29, 1.82) is 0 Å². The first-order valence-corrected chi connectivity index (χ1v) is 8.21. The second-order valence-corrected chi connectivity index (χ2v) is 5.91. The highest BCUT2D eigenvalue weighted by atomic mass is 32.2. The lowest BCUT2D eigenvalue weighted by Crippen LogP contribution is -2.13. The quantitative estimate of drug-likeness (QED) is 0.512. The van der Waals surface area contributed by atoms with Crippen molar-refractivity contribution in [2.75, 3.05) is 12.3 Å². The average molecular weight is 265 g/mol. The number of thioether (sulfide) groups is 1. The van der Waals surface area contributed by atoms with E-state index in [1.165, 1.54) is 35.5 Å². The molecule has 1 aromatic rings. The molecule has 0 saturated carbocycles. The Hall–Kier alpha value is -0.470. The molecule has 102 valence electrons. The SMILES string of the molecule is CCCNCc1ccc(SCC(CC)CC)cc1. The van der Waals surface area contributed by atoms with Gasteiger partial charge in [0.25, 0.3) is 0 Å². The van der Waals surface area contributed by atoms with Gasteiger partial charge < -0.3 is 5.32 Å². The molecule has 0 saturated heterocycles. The molecule has 0 spiro atoms. The van der Waals surface area contributed by atoms with Crippen LogP contribution in [0.3, 0.4) is 0 Å². The highest BCUT2D eigenvalue weighted by Gasteiger charge is 2.04. The summed E-state index contributed by atoms with van der Waals surface area (Å²) in [6.45, 7) is 8.87. The second kappa shape index (κ2) is 9.46. The van der Waals surface area contributed by atoms with Gasteiger partial charge in [-0.3, -0.25) is 0 Å². The molecule has 0 unspecified atom stereocenters. The zero-order valence-corrected chi connectivity index (χ0v) is 12.9. The fraction of sp³-hybridized carbons (Fsp3) is 0.625. The first-order valence-electron chi connectivity index (χ1n) is 7.22. The van der Waals surface area contributed by atoms with Crippen LogP contribution in [0.5, 0.6) is 0 Å². The van der Waals surface area contributed by atoms with E-state index in [9.17, 15) is 0 Å². The predicted molar refractivity (Wildman–Crippen MR) is 83.2 cm³/mol. The van der Waals surface area contributed by atoms with Gasteiger partial charge in [0.2, 0.25) is 0 Å². The molecular formula is C16H27NS. The third-order valence-electron chi connectivity index (χ3n) is 3.32. The average Bonchev–Trinajstić information content (AvgIpc) is 2.42. The fourth-order valence-corrected chi connectivity index (χ4v) is 3.08. The van der Waals surface area contributed by atoms with Crippen molar-refractivity contribution in [3.8, 4) is 0 Å². The third-order valence-corrected chi connectivity index (χ3v) is 4.56. The number of hydrogen-bond donors (Lipinski definition) is 1. The first kappa shape index (κ1) is 15.6. The summed E-state index contributed by atoms with van der Waals surface area (Å²) >= 11 is 1.99. The maximum atomic E-state index is 3.43. The molecule has 0 atom stereocenters. The lowest BCUT2D eigenvalue weighted by Gasteiger charge is -2.11. The van der Waals surface area contributed by atoms with E-state index in [0.29, 0.717) is 0 Å². The van der Waals surface area contributed by atoms with E-state index in [1.54, 1.807) is 0 Å². The van der Waals surface area contributed by atoms with Crippen LogP contribution in [0, 0.1) is 5.92 Å². The van der Waals surface area contributed by atoms with Gasteiger partial charge in [-0.05, 0) is 36.6 Å². The summed E-state index contributed by atoms with van der Waals surface area (Å²) in [4.78, 5) is 1.40. The third kappa shape index (κ3) is 5.92. The molecular weight excluding hydrogens is 238 g/mol. The van der Waals surface area contributed by atoms with E-state index < -0.39 is 0 Å². The summed E-state index contributed by atoms with van der Waals surface area (Å²) in [7, 11) is 0. The van der Waals surface area contributed by atoms with Crippen LogP contribution in [-0.4, -0.2) is 12.3 Å². The molecule has 1 nitrogen and oxygen atoms in total. The molecule has 1 N–H and O–H groups in total. The lowest BCUT2D eigenvalue weighted by atomic mass is 10.1. The van der Waals surface area contributed by atoms with Crippen molar-refractivity contribution < 1.29 is 0 Å². The van der Waals surface area contributed by atoms with Gasteiger partial charge in [-0.15, -0.1) is 11.8 Å². The van der Waals surface area contributed by atoms with Crippen molar-refractivity contribution in [3.63, 3.8) is 0 Å². The van der Waals surface area contributed by atoms with Crippen LogP contribution in [0.2, 0.25) is 0 Å². The second-order valence-electron chi connectivity index (χ2n) is 4.81. The maximum absolute atomic E-state index is 3.43. The molecule has 18 heavy (non-hydrogen) atoms. The van der Waals surface area contributed by atoms with Gasteiger partial charge in [0.05, 0.1) is 0 Å². The Labute approximate surface area is 117 Å². The Balaban J connectivity index is 2.35. The number of hydrogen-bond acceptors (Lipinski definition) is 2. The van der Waals surface area contributed by atoms with Crippen molar-refractivity contribution >= 4 is 11.8 Å². The Kier molecular flexibility index (Phi) is 8.19. The highest BCUT2D eigenvalue weighted by Crippen LogP contribution is 2.23. The normalized spacial score (nSPS) is 11.1. The molecule has 1 aromatic carbocycles. The summed E-state index contributed by atoms with van der Waals surface area (Å²) in [5.74, 6) is 2.11. The number of benzene rings is 1. The van der Waals surface area contributed by atoms with E-state index in [-0.39, 0.29) is 0 Å². The van der Waals surface area contributed by atoms with Crippen molar-refractivity contribution in [2.24, 2.45) is 5.92 Å². The summed E-state index contributed by atoms with van der Waals surface area (Å²) in [6, 6.07) is 9.02. The first-order chi connectivity index (χ1) is 8.80. The molecule has 1 rings (SSSR count). The molecule has 0 heterocycles. The fourth-order valence-electron chi connectivity index (χ4n) is 1.85. The predicted octanol–water partition coefficient (Wildman–Crippen LogP) is 4.71. The summed E-state index contributed by atoms with van der Waals surface area (Å²) < 4.78 is 0. The van der Waals surface area contributed by atoms with Crippen LogP contribution < -0.4 is 5.32 Å². The summed E-state index contributed by atoms with van der Waals surface area (Å²) in [5.41, 5.74) is 1.38. The van der Waals surface area contributed by atoms with E-state index >= 15 is 0 Å². The Morgan fingerprint density at radius 1 is 1.06 bits per heavy atom. The zero-order valence-electron chi connectivity index (χ0n) is 12.0. The Bertz CT molecular complexity index is 303. The molecule has 0 aliphatic carbocycles. The largest absolute Gasteiger partial charge is 0.313 e. The van der Waals surface area contributed by atoms with Gasteiger partial charge in [-0.25, -0.2) is 0 Å². The minimum Gasteiger partial charge on any atom is -0.313 e. The monoisotopic (exact) mass is 265 g/mol. The number of rotatable bonds is 9. The maximum Gasteiger partial charge on any atom is 0.0205 e. The lowest BCUT2D eigenvalue weighted by molar-refractivity contribution is 0.554. The van der Waals surface area contributed by atoms with Crippen LogP contribution in [0.4, 0.5) is 0 Å². The van der Waals surface area contributed by atoms with Gasteiger partial charge >= 0.3 is 0 Å². The minimum atomic E-state index is 0.862.